The zero-order valence-corrected chi connectivity index (χ0v) is 20.4. The molecule has 0 aromatic heterocycles. The summed E-state index contributed by atoms with van der Waals surface area (Å²) in [5, 5.41) is 19.4. The topological polar surface area (TPSA) is 115 Å². The lowest BCUT2D eigenvalue weighted by atomic mass is 9.97. The van der Waals surface area contributed by atoms with Crippen LogP contribution in [0.5, 0.6) is 11.5 Å². The number of fused-ring (bicyclic) bond motifs is 2. The number of phenols is 2. The van der Waals surface area contributed by atoms with Crippen molar-refractivity contribution in [1.29, 1.82) is 0 Å². The van der Waals surface area contributed by atoms with Gasteiger partial charge in [-0.05, 0) is 96.8 Å². The number of amides is 4. The SMILES string of the molecule is Cc1cc(O)ccc1N1C(=O)c2ccc(-c3ccc4c(c3)C(=O)N(c3ccc(O)cc3C)C4=O)cc2C1=O. The number of rotatable bonds is 3. The molecule has 0 aliphatic carbocycles. The van der Waals surface area contributed by atoms with Crippen LogP contribution < -0.4 is 9.80 Å². The number of nitrogens with zero attached hydrogens (tertiary/aromatic N) is 2. The summed E-state index contributed by atoms with van der Waals surface area (Å²) in [7, 11) is 0. The summed E-state index contributed by atoms with van der Waals surface area (Å²) >= 11 is 0. The molecular weight excluding hydrogens is 484 g/mol. The normalized spacial score (nSPS) is 14.4. The van der Waals surface area contributed by atoms with E-state index in [-0.39, 0.29) is 33.8 Å². The van der Waals surface area contributed by atoms with Crippen molar-refractivity contribution in [1.82, 2.24) is 0 Å². The van der Waals surface area contributed by atoms with Crippen molar-refractivity contribution in [3.8, 4) is 22.6 Å². The number of benzene rings is 4. The van der Waals surface area contributed by atoms with Crippen LogP contribution in [0.3, 0.4) is 0 Å². The minimum atomic E-state index is -0.484. The highest BCUT2D eigenvalue weighted by Crippen LogP contribution is 2.37. The van der Waals surface area contributed by atoms with Gasteiger partial charge in [-0.1, -0.05) is 12.1 Å². The molecule has 2 heterocycles. The Bertz CT molecular complexity index is 1630. The molecule has 0 atom stereocenters. The maximum absolute atomic E-state index is 13.3. The first-order chi connectivity index (χ1) is 18.2. The molecule has 2 aliphatic rings. The minimum Gasteiger partial charge on any atom is -0.508 e. The molecule has 4 aromatic rings. The predicted molar refractivity (Wildman–Crippen MR) is 140 cm³/mol. The first-order valence-corrected chi connectivity index (χ1v) is 11.8. The molecule has 0 radical (unpaired) electrons. The Morgan fingerprint density at radius 3 is 1.21 bits per heavy atom. The van der Waals surface area contributed by atoms with E-state index in [1.807, 2.05) is 0 Å². The van der Waals surface area contributed by atoms with E-state index in [4.69, 9.17) is 0 Å². The van der Waals surface area contributed by atoms with E-state index in [9.17, 15) is 29.4 Å². The molecule has 2 N–H and O–H groups in total. The lowest BCUT2D eigenvalue weighted by Gasteiger charge is -2.16. The fourth-order valence-corrected chi connectivity index (χ4v) is 5.06. The van der Waals surface area contributed by atoms with Crippen molar-refractivity contribution < 1.29 is 29.4 Å². The molecule has 186 valence electrons. The van der Waals surface area contributed by atoms with Gasteiger partial charge in [0.05, 0.1) is 33.6 Å². The van der Waals surface area contributed by atoms with Gasteiger partial charge in [-0.25, -0.2) is 9.80 Å². The summed E-state index contributed by atoms with van der Waals surface area (Å²) in [5.41, 5.74) is 4.12. The number of phenolic OH excluding ortho intramolecular Hbond substituents is 2. The average molecular weight is 504 g/mol. The van der Waals surface area contributed by atoms with Crippen LogP contribution in [-0.4, -0.2) is 33.8 Å². The van der Waals surface area contributed by atoms with Crippen LogP contribution in [0.1, 0.15) is 52.6 Å². The third-order valence-electron chi connectivity index (χ3n) is 6.95. The zero-order chi connectivity index (χ0) is 26.9. The van der Waals surface area contributed by atoms with E-state index in [0.717, 1.165) is 9.80 Å². The lowest BCUT2D eigenvalue weighted by molar-refractivity contribution is 0.0910. The van der Waals surface area contributed by atoms with Gasteiger partial charge < -0.3 is 10.2 Å². The number of aromatic hydroxyl groups is 2. The second kappa shape index (κ2) is 8.14. The smallest absolute Gasteiger partial charge is 0.266 e. The predicted octanol–water partition coefficient (Wildman–Crippen LogP) is 4.98. The van der Waals surface area contributed by atoms with Crippen molar-refractivity contribution in [2.45, 2.75) is 13.8 Å². The number of hydrogen-bond donors (Lipinski definition) is 2. The molecule has 8 nitrogen and oxygen atoms in total. The Kier molecular flexibility index (Phi) is 4.96. The number of anilines is 2. The Hall–Kier alpha value is -5.24. The molecule has 0 bridgehead atoms. The van der Waals surface area contributed by atoms with E-state index < -0.39 is 23.6 Å². The standard InChI is InChI=1S/C30H20N2O6/c1-15-11-19(33)5-9-25(15)31-27(35)21-7-3-17(13-23(21)29(31)37)18-4-8-22-24(14-18)30(38)32(28(22)36)26-10-6-20(34)12-16(26)2/h3-14,33-34H,1-2H3. The first-order valence-electron chi connectivity index (χ1n) is 11.8. The third-order valence-corrected chi connectivity index (χ3v) is 6.95. The van der Waals surface area contributed by atoms with E-state index in [2.05, 4.69) is 0 Å². The minimum absolute atomic E-state index is 0.0360. The Balaban J connectivity index is 1.37. The van der Waals surface area contributed by atoms with Gasteiger partial charge >= 0.3 is 0 Å². The van der Waals surface area contributed by atoms with Crippen molar-refractivity contribution in [3.05, 3.63) is 106 Å². The quantitative estimate of drug-likeness (QED) is 0.380. The summed E-state index contributed by atoms with van der Waals surface area (Å²) < 4.78 is 0. The van der Waals surface area contributed by atoms with Gasteiger partial charge in [-0.2, -0.15) is 0 Å². The van der Waals surface area contributed by atoms with Crippen molar-refractivity contribution in [2.75, 3.05) is 9.80 Å². The highest BCUT2D eigenvalue weighted by Gasteiger charge is 2.39. The van der Waals surface area contributed by atoms with E-state index in [1.54, 1.807) is 50.2 Å². The van der Waals surface area contributed by atoms with E-state index >= 15 is 0 Å². The van der Waals surface area contributed by atoms with Crippen LogP contribution in [0, 0.1) is 13.8 Å². The second-order valence-corrected chi connectivity index (χ2v) is 9.35. The molecule has 4 amide bonds. The highest BCUT2D eigenvalue weighted by atomic mass is 16.3. The molecule has 0 unspecified atom stereocenters. The fraction of sp³-hybridized carbons (Fsp3) is 0.0667. The Labute approximate surface area is 217 Å². The number of aryl methyl sites for hydroxylation is 2. The van der Waals surface area contributed by atoms with Gasteiger partial charge in [-0.15, -0.1) is 0 Å². The van der Waals surface area contributed by atoms with Crippen LogP contribution in [-0.2, 0) is 0 Å². The monoisotopic (exact) mass is 504 g/mol. The summed E-state index contributed by atoms with van der Waals surface area (Å²) in [4.78, 5) is 54.9. The zero-order valence-electron chi connectivity index (χ0n) is 20.4. The Morgan fingerprint density at radius 2 is 0.842 bits per heavy atom. The molecule has 0 spiro atoms. The summed E-state index contributed by atoms with van der Waals surface area (Å²) in [6.07, 6.45) is 0. The number of hydrogen-bond acceptors (Lipinski definition) is 6. The molecule has 38 heavy (non-hydrogen) atoms. The second-order valence-electron chi connectivity index (χ2n) is 9.35. The average Bonchev–Trinajstić information content (AvgIpc) is 3.28. The molecule has 8 heteroatoms. The van der Waals surface area contributed by atoms with Crippen LogP contribution >= 0.6 is 0 Å². The summed E-state index contributed by atoms with van der Waals surface area (Å²) in [6.45, 7) is 3.41. The van der Waals surface area contributed by atoms with E-state index in [1.165, 1.54) is 36.4 Å². The van der Waals surface area contributed by atoms with Gasteiger partial charge in [0.25, 0.3) is 23.6 Å². The van der Waals surface area contributed by atoms with Gasteiger partial charge in [0, 0.05) is 0 Å². The van der Waals surface area contributed by atoms with Gasteiger partial charge in [0.2, 0.25) is 0 Å². The maximum atomic E-state index is 13.3. The largest absolute Gasteiger partial charge is 0.508 e. The molecule has 0 saturated carbocycles. The molecule has 6 rings (SSSR count). The van der Waals surface area contributed by atoms with Crippen LogP contribution in [0.4, 0.5) is 11.4 Å². The molecular formula is C30H20N2O6. The molecule has 0 saturated heterocycles. The van der Waals surface area contributed by atoms with Crippen LogP contribution in [0.2, 0.25) is 0 Å². The van der Waals surface area contributed by atoms with Gasteiger partial charge in [0.15, 0.2) is 0 Å². The fourth-order valence-electron chi connectivity index (χ4n) is 5.06. The van der Waals surface area contributed by atoms with Crippen LogP contribution in [0.15, 0.2) is 72.8 Å². The summed E-state index contributed by atoms with van der Waals surface area (Å²) in [6, 6.07) is 18.6. The maximum Gasteiger partial charge on any atom is 0.266 e. The molecule has 0 fully saturated rings. The highest BCUT2D eigenvalue weighted by molar-refractivity contribution is 6.36. The van der Waals surface area contributed by atoms with Crippen molar-refractivity contribution in [2.24, 2.45) is 0 Å². The van der Waals surface area contributed by atoms with Gasteiger partial charge in [-0.3, -0.25) is 19.2 Å². The summed E-state index contributed by atoms with van der Waals surface area (Å²) in [5.74, 6) is -1.81. The number of imide groups is 2. The molecule has 4 aromatic carbocycles. The van der Waals surface area contributed by atoms with Gasteiger partial charge in [0.1, 0.15) is 11.5 Å². The van der Waals surface area contributed by atoms with Crippen molar-refractivity contribution >= 4 is 35.0 Å². The lowest BCUT2D eigenvalue weighted by Crippen LogP contribution is -2.29. The first kappa shape index (κ1) is 23.2. The Morgan fingerprint density at radius 1 is 0.474 bits per heavy atom. The van der Waals surface area contributed by atoms with Crippen molar-refractivity contribution in [3.63, 3.8) is 0 Å². The third kappa shape index (κ3) is 3.31. The van der Waals surface area contributed by atoms with E-state index in [0.29, 0.717) is 33.6 Å². The number of carbonyl (C=O) groups is 4. The number of carbonyl (C=O) groups excluding carboxylic acids is 4. The molecule has 2 aliphatic heterocycles. The van der Waals surface area contributed by atoms with Crippen LogP contribution in [0.25, 0.3) is 11.1 Å².